The Morgan fingerprint density at radius 2 is 1.77 bits per heavy atom. The highest BCUT2D eigenvalue weighted by molar-refractivity contribution is 6.33. The summed E-state index contributed by atoms with van der Waals surface area (Å²) in [7, 11) is 3.53. The smallest absolute Gasteiger partial charge is 0.301 e. The molecule has 1 saturated carbocycles. The maximum Gasteiger partial charge on any atom is 0.301 e. The van der Waals surface area contributed by atoms with Gasteiger partial charge >= 0.3 is 5.92 Å². The lowest BCUT2D eigenvalue weighted by molar-refractivity contribution is -0.134. The molecule has 4 atom stereocenters. The van der Waals surface area contributed by atoms with E-state index in [0.717, 1.165) is 68.6 Å². The fraction of sp³-hybridized carbons (Fsp3) is 0.511. The number of hydrogen-bond donors (Lipinski definition) is 3. The predicted octanol–water partition coefficient (Wildman–Crippen LogP) is 6.69. The molecule has 0 radical (unpaired) electrons. The average Bonchev–Trinajstić information content (AvgIpc) is 4.06. The molecule has 3 N–H and O–H groups in total. The molecule has 2 amide bonds. The van der Waals surface area contributed by atoms with E-state index in [2.05, 4.69) is 55.9 Å². The first-order valence-electron chi connectivity index (χ1n) is 21.8. The number of amides is 2. The van der Waals surface area contributed by atoms with Crippen molar-refractivity contribution in [3.8, 4) is 5.75 Å². The monoisotopic (exact) mass is 868 g/mol. The van der Waals surface area contributed by atoms with Gasteiger partial charge in [0, 0.05) is 56.6 Å². The molecule has 4 aliphatic heterocycles. The van der Waals surface area contributed by atoms with E-state index in [9.17, 15) is 14.4 Å². The minimum atomic E-state index is -3.13. The van der Waals surface area contributed by atoms with Gasteiger partial charge in [0.25, 0.3) is 5.56 Å². The zero-order valence-corrected chi connectivity index (χ0v) is 35.9. The van der Waals surface area contributed by atoms with Crippen LogP contribution in [0.25, 0.3) is 21.8 Å². The van der Waals surface area contributed by atoms with E-state index in [1.807, 2.05) is 23.9 Å². The molecule has 5 aromatic rings. The van der Waals surface area contributed by atoms with E-state index in [1.54, 1.807) is 19.3 Å². The largest absolute Gasteiger partial charge is 0.480 e. The van der Waals surface area contributed by atoms with Gasteiger partial charge in [-0.2, -0.15) is 10.1 Å². The summed E-state index contributed by atoms with van der Waals surface area (Å²) in [5, 5.41) is 15.5. The standard InChI is InChI=1S/C45H51ClF2N10O4/c1-24-21-58(17-14-28(24)22-57-15-12-25(13-16-57)27-6-8-30-35(18-27)56(3)54-37(30)31-9-11-36(59)51-42(31)60)44-49-20-33(46)41(53-44)50-29-7-10-34-32(19-29)38-39(43(61)55(34)2)62-23-45(47,48)40(52-38)26-4-5-26/h6-8,10,18-20,24-26,28,31,40,52H,4-5,9,11-17,21-23H2,1-3H3,(H,49,50,53)(H,51,59,60)/t24-,28-,31?,40+/m1/s1. The highest BCUT2D eigenvalue weighted by Crippen LogP contribution is 2.46. The topological polar surface area (TPSA) is 152 Å². The second kappa shape index (κ2) is 15.8. The van der Waals surface area contributed by atoms with Crippen LogP contribution in [0, 0.1) is 17.8 Å². The molecule has 2 aromatic carbocycles. The third-order valence-corrected chi connectivity index (χ3v) is 14.3. The van der Waals surface area contributed by atoms with Gasteiger partial charge in [-0.3, -0.25) is 24.4 Å². The van der Waals surface area contributed by atoms with Crippen LogP contribution in [-0.4, -0.2) is 92.3 Å². The molecule has 0 bridgehead atoms. The number of benzene rings is 2. The van der Waals surface area contributed by atoms with E-state index in [4.69, 9.17) is 26.4 Å². The lowest BCUT2D eigenvalue weighted by atomic mass is 9.84. The average molecular weight is 869 g/mol. The third kappa shape index (κ3) is 7.52. The van der Waals surface area contributed by atoms with Crippen LogP contribution in [0.3, 0.4) is 0 Å². The molecule has 62 heavy (non-hydrogen) atoms. The summed E-state index contributed by atoms with van der Waals surface area (Å²) in [6, 6.07) is 10.8. The van der Waals surface area contributed by atoms with Gasteiger partial charge in [-0.15, -0.1) is 0 Å². The molecule has 7 heterocycles. The molecule has 4 fully saturated rings. The summed E-state index contributed by atoms with van der Waals surface area (Å²) < 4.78 is 39.2. The van der Waals surface area contributed by atoms with Crippen molar-refractivity contribution in [2.45, 2.75) is 75.7 Å². The van der Waals surface area contributed by atoms with Crippen LogP contribution in [0.5, 0.6) is 5.75 Å². The van der Waals surface area contributed by atoms with Crippen molar-refractivity contribution in [3.05, 3.63) is 69.2 Å². The van der Waals surface area contributed by atoms with Crippen LogP contribution in [0.1, 0.15) is 75.0 Å². The number of pyridine rings is 1. The number of hydrogen-bond acceptors (Lipinski definition) is 11. The van der Waals surface area contributed by atoms with Crippen molar-refractivity contribution in [2.75, 3.05) is 54.9 Å². The van der Waals surface area contributed by atoms with Crippen LogP contribution in [0.2, 0.25) is 5.02 Å². The molecule has 10 rings (SSSR count). The summed E-state index contributed by atoms with van der Waals surface area (Å²) >= 11 is 6.66. The Kier molecular flexibility index (Phi) is 10.4. The van der Waals surface area contributed by atoms with Gasteiger partial charge in [0.1, 0.15) is 5.02 Å². The maximum absolute atomic E-state index is 15.2. The second-order valence-electron chi connectivity index (χ2n) is 18.1. The molecule has 1 aliphatic carbocycles. The Morgan fingerprint density at radius 3 is 2.53 bits per heavy atom. The number of nitrogens with zero attached hydrogens (tertiary/aromatic N) is 7. The number of nitrogens with one attached hydrogen (secondary N) is 3. The molecule has 3 saturated heterocycles. The second-order valence-corrected chi connectivity index (χ2v) is 18.5. The maximum atomic E-state index is 15.2. The molecule has 3 aromatic heterocycles. The Hall–Kier alpha value is -5.35. The number of imide groups is 1. The van der Waals surface area contributed by atoms with Crippen LogP contribution in [-0.2, 0) is 23.7 Å². The highest BCUT2D eigenvalue weighted by atomic mass is 35.5. The number of carbonyl (C=O) groups excluding carboxylic acids is 2. The van der Waals surface area contributed by atoms with Crippen LogP contribution in [0.4, 0.5) is 31.9 Å². The first-order valence-corrected chi connectivity index (χ1v) is 22.2. The number of aryl methyl sites for hydroxylation is 2. The minimum Gasteiger partial charge on any atom is -0.480 e. The van der Waals surface area contributed by atoms with E-state index in [1.165, 1.54) is 10.1 Å². The van der Waals surface area contributed by atoms with E-state index in [-0.39, 0.29) is 29.2 Å². The van der Waals surface area contributed by atoms with Gasteiger partial charge < -0.3 is 29.7 Å². The number of anilines is 4. The number of fused-ring (bicyclic) bond motifs is 4. The zero-order chi connectivity index (χ0) is 43.0. The molecule has 5 aliphatic rings. The molecular weight excluding hydrogens is 818 g/mol. The van der Waals surface area contributed by atoms with Crippen molar-refractivity contribution in [1.82, 2.24) is 34.5 Å². The van der Waals surface area contributed by atoms with E-state index < -0.39 is 30.0 Å². The first-order chi connectivity index (χ1) is 29.8. The van der Waals surface area contributed by atoms with E-state index >= 15 is 8.78 Å². The summed E-state index contributed by atoms with van der Waals surface area (Å²) in [6.45, 7) is 6.17. The lowest BCUT2D eigenvalue weighted by Crippen LogP contribution is -2.45. The molecular formula is C45H51ClF2N10O4. The number of halogens is 3. The molecule has 14 nitrogen and oxygen atoms in total. The number of alkyl halides is 2. The Morgan fingerprint density at radius 1 is 0.968 bits per heavy atom. The molecule has 326 valence electrons. The SMILES string of the molecule is C[C@@H]1CN(c2ncc(Cl)c(Nc3ccc4c(c3)c3c(c(=O)n4C)OCC(F)(F)[C@H](C4CC4)N3)n2)CC[C@@H]1CN1CCC(c2ccc3c(C4CCC(=O)NC4=O)nn(C)c3c2)CC1. The minimum absolute atomic E-state index is 0.104. The number of likely N-dealkylation sites (tertiary alicyclic amines) is 1. The summed E-state index contributed by atoms with van der Waals surface area (Å²) in [5.41, 5.74) is 4.07. The Bertz CT molecular complexity index is 2660. The van der Waals surface area contributed by atoms with Gasteiger partial charge in [0.05, 0.1) is 40.6 Å². The Labute approximate surface area is 362 Å². The van der Waals surface area contributed by atoms with Crippen LogP contribution in [0.15, 0.2) is 47.4 Å². The quantitative estimate of drug-likeness (QED) is 0.143. The predicted molar refractivity (Wildman–Crippen MR) is 234 cm³/mol. The molecule has 0 spiro atoms. The summed E-state index contributed by atoms with van der Waals surface area (Å²) in [6.07, 6.45) is 6.97. The van der Waals surface area contributed by atoms with Gasteiger partial charge in [0.2, 0.25) is 23.5 Å². The highest BCUT2D eigenvalue weighted by Gasteiger charge is 2.51. The fourth-order valence-corrected chi connectivity index (χ4v) is 10.4. The van der Waals surface area contributed by atoms with Crippen molar-refractivity contribution >= 4 is 68.4 Å². The third-order valence-electron chi connectivity index (χ3n) is 14.0. The van der Waals surface area contributed by atoms with Gasteiger partial charge in [0.15, 0.2) is 12.4 Å². The van der Waals surface area contributed by atoms with E-state index in [0.29, 0.717) is 76.8 Å². The molecule has 1 unspecified atom stereocenters. The molecule has 17 heteroatoms. The van der Waals surface area contributed by atoms with Crippen molar-refractivity contribution < 1.29 is 23.1 Å². The van der Waals surface area contributed by atoms with Gasteiger partial charge in [-0.25, -0.2) is 13.8 Å². The van der Waals surface area contributed by atoms with Crippen molar-refractivity contribution in [3.63, 3.8) is 0 Å². The van der Waals surface area contributed by atoms with Gasteiger partial charge in [-0.1, -0.05) is 30.7 Å². The number of carbonyl (C=O) groups is 2. The number of piperidine rings is 3. The number of rotatable bonds is 8. The number of ether oxygens (including phenoxy) is 1. The summed E-state index contributed by atoms with van der Waals surface area (Å²) in [5.74, 6) is -1.92. The number of aromatic nitrogens is 5. The first kappa shape index (κ1) is 40.7. The zero-order valence-electron chi connectivity index (χ0n) is 35.1. The van der Waals surface area contributed by atoms with Gasteiger partial charge in [-0.05, 0) is 105 Å². The summed E-state index contributed by atoms with van der Waals surface area (Å²) in [4.78, 5) is 51.9. The fourth-order valence-electron chi connectivity index (χ4n) is 10.2. The Balaban J connectivity index is 0.777. The van der Waals surface area contributed by atoms with Crippen molar-refractivity contribution in [2.24, 2.45) is 31.8 Å². The van der Waals surface area contributed by atoms with Crippen LogP contribution >= 0.6 is 11.6 Å². The van der Waals surface area contributed by atoms with Crippen molar-refractivity contribution in [1.29, 1.82) is 0 Å². The lowest BCUT2D eigenvalue weighted by Gasteiger charge is -2.41. The normalized spacial score (nSPS) is 24.6. The van der Waals surface area contributed by atoms with Crippen LogP contribution < -0.4 is 31.1 Å².